The Morgan fingerprint density at radius 3 is 2.22 bits per heavy atom. The third-order valence-corrected chi connectivity index (χ3v) is 5.83. The number of benzene rings is 2. The molecule has 0 saturated carbocycles. The molecule has 0 unspecified atom stereocenters. The van der Waals surface area contributed by atoms with Crippen molar-refractivity contribution >= 4 is 33.4 Å². The lowest BCUT2D eigenvalue weighted by Gasteiger charge is -2.37. The highest BCUT2D eigenvalue weighted by atomic mass is 79.9. The molecule has 4 rings (SSSR count). The predicted molar refractivity (Wildman–Crippen MR) is 108 cm³/mol. The molecule has 2 aromatic carbocycles. The highest BCUT2D eigenvalue weighted by Crippen LogP contribution is 2.27. The van der Waals surface area contributed by atoms with Crippen LogP contribution in [-0.4, -0.2) is 53.8 Å². The lowest BCUT2D eigenvalue weighted by Crippen LogP contribution is -2.52. The summed E-state index contributed by atoms with van der Waals surface area (Å²) in [6.45, 7) is 4.36. The first-order valence-corrected chi connectivity index (χ1v) is 10.0. The maximum absolute atomic E-state index is 12.9. The quantitative estimate of drug-likeness (QED) is 0.703. The second kappa shape index (κ2) is 7.92. The minimum Gasteiger partial charge on any atom is -0.297 e. The van der Waals surface area contributed by atoms with E-state index in [1.165, 1.54) is 10.5 Å². The van der Waals surface area contributed by atoms with Gasteiger partial charge in [0.2, 0.25) is 5.91 Å². The van der Waals surface area contributed by atoms with Gasteiger partial charge in [-0.25, -0.2) is 4.90 Å². The van der Waals surface area contributed by atoms with Crippen molar-refractivity contribution < 1.29 is 9.59 Å². The Hall–Kier alpha value is -2.02. The summed E-state index contributed by atoms with van der Waals surface area (Å²) in [5.41, 5.74) is 1.96. The number of carbonyl (C=O) groups excluding carboxylic acids is 2. The molecule has 0 aliphatic carbocycles. The lowest BCUT2D eigenvalue weighted by atomic mass is 10.1. The summed E-state index contributed by atoms with van der Waals surface area (Å²) in [6.07, 6.45) is 0.271. The number of rotatable bonds is 4. The zero-order valence-corrected chi connectivity index (χ0v) is 16.6. The standard InChI is InChI=1S/C21H22BrN3O2/c22-17-6-8-18(9-7-17)25-20(26)14-19(21(25)27)24-12-10-23(11-13-24)15-16-4-2-1-3-5-16/h1-9,19H,10-15H2/t19-/m1/s1. The van der Waals surface area contributed by atoms with Crippen LogP contribution < -0.4 is 4.90 Å². The number of anilines is 1. The molecule has 0 aromatic heterocycles. The molecule has 2 aromatic rings. The molecular formula is C21H22BrN3O2. The highest BCUT2D eigenvalue weighted by Gasteiger charge is 2.43. The number of halogens is 1. The largest absolute Gasteiger partial charge is 0.297 e. The molecule has 0 bridgehead atoms. The average molecular weight is 428 g/mol. The topological polar surface area (TPSA) is 43.9 Å². The summed E-state index contributed by atoms with van der Waals surface area (Å²) in [5.74, 6) is -0.210. The SMILES string of the molecule is O=C1C[C@@H](N2CCN(Cc3ccccc3)CC2)C(=O)N1c1ccc(Br)cc1. The lowest BCUT2D eigenvalue weighted by molar-refractivity contribution is -0.123. The van der Waals surface area contributed by atoms with Gasteiger partial charge in [-0.05, 0) is 29.8 Å². The molecule has 0 radical (unpaired) electrons. The maximum Gasteiger partial charge on any atom is 0.251 e. The van der Waals surface area contributed by atoms with Crippen LogP contribution in [0.2, 0.25) is 0 Å². The van der Waals surface area contributed by atoms with Crippen LogP contribution in [0.3, 0.4) is 0 Å². The first-order valence-electron chi connectivity index (χ1n) is 9.24. The van der Waals surface area contributed by atoms with E-state index in [4.69, 9.17) is 0 Å². The fourth-order valence-corrected chi connectivity index (χ4v) is 4.10. The molecule has 5 nitrogen and oxygen atoms in total. The van der Waals surface area contributed by atoms with Crippen LogP contribution in [-0.2, 0) is 16.1 Å². The summed E-state index contributed by atoms with van der Waals surface area (Å²) in [4.78, 5) is 31.3. The molecular weight excluding hydrogens is 406 g/mol. The van der Waals surface area contributed by atoms with Gasteiger partial charge in [-0.15, -0.1) is 0 Å². The third-order valence-electron chi connectivity index (χ3n) is 5.30. The molecule has 2 fully saturated rings. The Labute approximate surface area is 167 Å². The number of nitrogens with zero attached hydrogens (tertiary/aromatic N) is 3. The molecule has 6 heteroatoms. The summed E-state index contributed by atoms with van der Waals surface area (Å²) in [7, 11) is 0. The van der Waals surface area contributed by atoms with Gasteiger partial charge in [0.25, 0.3) is 5.91 Å². The Morgan fingerprint density at radius 1 is 0.889 bits per heavy atom. The molecule has 2 aliphatic rings. The zero-order valence-electron chi connectivity index (χ0n) is 15.1. The molecule has 2 amide bonds. The maximum atomic E-state index is 12.9. The molecule has 2 heterocycles. The summed E-state index contributed by atoms with van der Waals surface area (Å²) < 4.78 is 0.927. The van der Waals surface area contributed by atoms with Crippen LogP contribution in [0.15, 0.2) is 59.1 Å². The molecule has 2 saturated heterocycles. The van der Waals surface area contributed by atoms with E-state index in [9.17, 15) is 9.59 Å². The van der Waals surface area contributed by atoms with E-state index in [0.717, 1.165) is 37.2 Å². The van der Waals surface area contributed by atoms with Crippen molar-refractivity contribution in [2.75, 3.05) is 31.1 Å². The number of hydrogen-bond donors (Lipinski definition) is 0. The fourth-order valence-electron chi connectivity index (χ4n) is 3.84. The monoisotopic (exact) mass is 427 g/mol. The van der Waals surface area contributed by atoms with Crippen molar-refractivity contribution in [3.63, 3.8) is 0 Å². The predicted octanol–water partition coefficient (Wildman–Crippen LogP) is 2.90. The molecule has 2 aliphatic heterocycles. The van der Waals surface area contributed by atoms with Crippen LogP contribution in [0.4, 0.5) is 5.69 Å². The van der Waals surface area contributed by atoms with Crippen molar-refractivity contribution in [3.8, 4) is 0 Å². The average Bonchev–Trinajstić information content (AvgIpc) is 2.98. The Morgan fingerprint density at radius 2 is 1.56 bits per heavy atom. The fraction of sp³-hybridized carbons (Fsp3) is 0.333. The normalized spacial score (nSPS) is 21.8. The second-order valence-corrected chi connectivity index (χ2v) is 7.98. The van der Waals surface area contributed by atoms with Crippen LogP contribution in [0, 0.1) is 0 Å². The van der Waals surface area contributed by atoms with Gasteiger partial charge in [0, 0.05) is 37.2 Å². The van der Waals surface area contributed by atoms with Gasteiger partial charge in [-0.3, -0.25) is 19.4 Å². The van der Waals surface area contributed by atoms with Crippen LogP contribution in [0.5, 0.6) is 0 Å². The first-order chi connectivity index (χ1) is 13.1. The van der Waals surface area contributed by atoms with E-state index in [1.807, 2.05) is 18.2 Å². The highest BCUT2D eigenvalue weighted by molar-refractivity contribution is 9.10. The number of amides is 2. The summed E-state index contributed by atoms with van der Waals surface area (Å²) in [5, 5.41) is 0. The second-order valence-electron chi connectivity index (χ2n) is 7.06. The van der Waals surface area contributed by atoms with Crippen LogP contribution >= 0.6 is 15.9 Å². The van der Waals surface area contributed by atoms with E-state index in [2.05, 4.69) is 50.0 Å². The Balaban J connectivity index is 1.38. The molecule has 140 valence electrons. The van der Waals surface area contributed by atoms with Crippen LogP contribution in [0.1, 0.15) is 12.0 Å². The summed E-state index contributed by atoms with van der Waals surface area (Å²) in [6, 6.07) is 17.4. The van der Waals surface area contributed by atoms with Crippen molar-refractivity contribution in [2.45, 2.75) is 19.0 Å². The van der Waals surface area contributed by atoms with Crippen molar-refractivity contribution in [1.29, 1.82) is 0 Å². The Bertz CT molecular complexity index is 817. The molecule has 27 heavy (non-hydrogen) atoms. The van der Waals surface area contributed by atoms with E-state index >= 15 is 0 Å². The first kappa shape index (κ1) is 18.3. The molecule has 0 spiro atoms. The number of imide groups is 1. The van der Waals surface area contributed by atoms with E-state index in [0.29, 0.717) is 5.69 Å². The van der Waals surface area contributed by atoms with E-state index < -0.39 is 0 Å². The molecule has 0 N–H and O–H groups in total. The minimum atomic E-state index is -0.333. The zero-order chi connectivity index (χ0) is 18.8. The van der Waals surface area contributed by atoms with Crippen molar-refractivity contribution in [2.24, 2.45) is 0 Å². The van der Waals surface area contributed by atoms with Gasteiger partial charge < -0.3 is 0 Å². The van der Waals surface area contributed by atoms with Gasteiger partial charge in [0.1, 0.15) is 0 Å². The van der Waals surface area contributed by atoms with E-state index in [1.54, 1.807) is 12.1 Å². The van der Waals surface area contributed by atoms with E-state index in [-0.39, 0.29) is 24.3 Å². The number of carbonyl (C=O) groups is 2. The third kappa shape index (κ3) is 3.98. The van der Waals surface area contributed by atoms with Crippen LogP contribution in [0.25, 0.3) is 0 Å². The van der Waals surface area contributed by atoms with Gasteiger partial charge >= 0.3 is 0 Å². The minimum absolute atomic E-state index is 0.0983. The smallest absolute Gasteiger partial charge is 0.251 e. The van der Waals surface area contributed by atoms with Gasteiger partial charge in [0.05, 0.1) is 18.2 Å². The van der Waals surface area contributed by atoms with Gasteiger partial charge in [-0.2, -0.15) is 0 Å². The number of hydrogen-bond acceptors (Lipinski definition) is 4. The van der Waals surface area contributed by atoms with Gasteiger partial charge in [-0.1, -0.05) is 46.3 Å². The summed E-state index contributed by atoms with van der Waals surface area (Å²) >= 11 is 3.39. The molecule has 1 atom stereocenters. The van der Waals surface area contributed by atoms with Crippen molar-refractivity contribution in [3.05, 3.63) is 64.6 Å². The van der Waals surface area contributed by atoms with Crippen molar-refractivity contribution in [1.82, 2.24) is 9.80 Å². The van der Waals surface area contributed by atoms with Gasteiger partial charge in [0.15, 0.2) is 0 Å². The number of piperazine rings is 1. The Kier molecular flexibility index (Phi) is 5.38.